The molecule has 0 bridgehead atoms. The fourth-order valence-corrected chi connectivity index (χ4v) is 3.44. The van der Waals surface area contributed by atoms with Crippen molar-refractivity contribution in [1.82, 2.24) is 0 Å². The molecule has 6 nitrogen and oxygen atoms in total. The van der Waals surface area contributed by atoms with Gasteiger partial charge in [0.1, 0.15) is 11.3 Å². The summed E-state index contributed by atoms with van der Waals surface area (Å²) in [5.41, 5.74) is 12.3. The van der Waals surface area contributed by atoms with Crippen LogP contribution in [0.5, 0.6) is 0 Å². The van der Waals surface area contributed by atoms with Gasteiger partial charge in [0.25, 0.3) is 0 Å². The number of rotatable bonds is 1. The van der Waals surface area contributed by atoms with Crippen LogP contribution in [0.2, 0.25) is 0 Å². The Kier molecular flexibility index (Phi) is 4.44. The maximum Gasteiger partial charge on any atom is 0.220 e. The van der Waals surface area contributed by atoms with Gasteiger partial charge in [-0.2, -0.15) is 4.99 Å². The minimum absolute atomic E-state index is 0.244. The van der Waals surface area contributed by atoms with Crippen molar-refractivity contribution in [3.8, 4) is 11.8 Å². The van der Waals surface area contributed by atoms with Crippen molar-refractivity contribution in [3.05, 3.63) is 29.8 Å². The highest BCUT2D eigenvalue weighted by Gasteiger charge is 2.42. The van der Waals surface area contributed by atoms with Crippen LogP contribution in [-0.4, -0.2) is 28.3 Å². The molecule has 5 N–H and O–H groups in total. The molecule has 1 aromatic rings. The molecule has 1 aliphatic heterocycles. The van der Waals surface area contributed by atoms with E-state index in [1.807, 2.05) is 29.2 Å². The fourth-order valence-electron chi connectivity index (χ4n) is 3.44. The molecule has 1 heterocycles. The number of aliphatic imine (C=N–C) groups is 2. The molecular formula is C19H25N5O. The average molecular weight is 339 g/mol. The van der Waals surface area contributed by atoms with Gasteiger partial charge in [-0.1, -0.05) is 24.3 Å². The molecule has 1 spiro atoms. The van der Waals surface area contributed by atoms with Crippen LogP contribution in [0.4, 0.5) is 5.69 Å². The molecular weight excluding hydrogens is 314 g/mol. The summed E-state index contributed by atoms with van der Waals surface area (Å²) in [7, 11) is 0. The van der Waals surface area contributed by atoms with Gasteiger partial charge >= 0.3 is 0 Å². The van der Waals surface area contributed by atoms with Crippen LogP contribution >= 0.6 is 0 Å². The topological polar surface area (TPSA) is 100 Å². The van der Waals surface area contributed by atoms with Crippen molar-refractivity contribution in [2.45, 2.75) is 57.2 Å². The fraction of sp³-hybridized carbons (Fsp3) is 0.474. The van der Waals surface area contributed by atoms with E-state index in [0.29, 0.717) is 5.96 Å². The highest BCUT2D eigenvalue weighted by molar-refractivity contribution is 6.05. The quantitative estimate of drug-likeness (QED) is 0.681. The Labute approximate surface area is 148 Å². The van der Waals surface area contributed by atoms with Crippen LogP contribution in [0.3, 0.4) is 0 Å². The predicted molar refractivity (Wildman–Crippen MR) is 101 cm³/mol. The van der Waals surface area contributed by atoms with E-state index in [4.69, 9.17) is 11.5 Å². The highest BCUT2D eigenvalue weighted by Crippen LogP contribution is 2.39. The Bertz CT molecular complexity index is 773. The molecule has 2 aliphatic rings. The van der Waals surface area contributed by atoms with Crippen molar-refractivity contribution in [1.29, 1.82) is 0 Å². The molecule has 1 aliphatic carbocycles. The van der Waals surface area contributed by atoms with Gasteiger partial charge in [-0.05, 0) is 57.7 Å². The maximum absolute atomic E-state index is 9.81. The molecule has 25 heavy (non-hydrogen) atoms. The largest absolute Gasteiger partial charge is 0.378 e. The molecule has 0 amide bonds. The number of anilines is 1. The first-order valence-corrected chi connectivity index (χ1v) is 8.64. The van der Waals surface area contributed by atoms with Crippen molar-refractivity contribution in [2.24, 2.45) is 21.5 Å². The van der Waals surface area contributed by atoms with Crippen LogP contribution in [-0.2, 0) is 0 Å². The van der Waals surface area contributed by atoms with E-state index < -0.39 is 11.3 Å². The standard InChI is InChI=1S/C19H25N5O/c1-18(2,25)12-9-14-7-6-8-15(13-14)24-17(21)22-16(20)23-19(24)10-4-3-5-11-19/h6-8,13,25H,3-5,10-11H2,1-2H3,(H4,20,21,22,23). The van der Waals surface area contributed by atoms with E-state index in [9.17, 15) is 5.11 Å². The van der Waals surface area contributed by atoms with E-state index in [-0.39, 0.29) is 5.96 Å². The Morgan fingerprint density at radius 2 is 1.92 bits per heavy atom. The monoisotopic (exact) mass is 339 g/mol. The molecule has 3 rings (SSSR count). The van der Waals surface area contributed by atoms with E-state index in [2.05, 4.69) is 21.8 Å². The van der Waals surface area contributed by atoms with E-state index in [0.717, 1.165) is 36.9 Å². The smallest absolute Gasteiger partial charge is 0.220 e. The lowest BCUT2D eigenvalue weighted by Gasteiger charge is -2.45. The average Bonchev–Trinajstić information content (AvgIpc) is 2.52. The van der Waals surface area contributed by atoms with Gasteiger partial charge < -0.3 is 16.6 Å². The van der Waals surface area contributed by atoms with Gasteiger partial charge in [-0.25, -0.2) is 4.99 Å². The number of benzene rings is 1. The van der Waals surface area contributed by atoms with Gasteiger partial charge in [0.15, 0.2) is 0 Å². The van der Waals surface area contributed by atoms with Gasteiger partial charge in [-0.15, -0.1) is 0 Å². The normalized spacial score (nSPS) is 19.7. The molecule has 0 radical (unpaired) electrons. The maximum atomic E-state index is 9.81. The number of hydrogen-bond donors (Lipinski definition) is 3. The van der Waals surface area contributed by atoms with Crippen molar-refractivity contribution < 1.29 is 5.11 Å². The first-order chi connectivity index (χ1) is 11.8. The van der Waals surface area contributed by atoms with Crippen molar-refractivity contribution in [3.63, 3.8) is 0 Å². The third-order valence-electron chi connectivity index (χ3n) is 4.47. The predicted octanol–water partition coefficient (Wildman–Crippen LogP) is 1.92. The SMILES string of the molecule is CC(C)(O)C#Cc1cccc(N2C(N)=NC(N)=NC23CCCCC3)c1. The van der Waals surface area contributed by atoms with Crippen molar-refractivity contribution in [2.75, 3.05) is 4.90 Å². The Morgan fingerprint density at radius 3 is 2.60 bits per heavy atom. The first-order valence-electron chi connectivity index (χ1n) is 8.64. The van der Waals surface area contributed by atoms with E-state index in [1.165, 1.54) is 6.42 Å². The molecule has 0 aromatic heterocycles. The summed E-state index contributed by atoms with van der Waals surface area (Å²) in [6.45, 7) is 3.32. The first kappa shape index (κ1) is 17.3. The second-order valence-corrected chi connectivity index (χ2v) is 7.18. The molecule has 6 heteroatoms. The summed E-state index contributed by atoms with van der Waals surface area (Å²) in [6, 6.07) is 7.76. The zero-order valence-electron chi connectivity index (χ0n) is 14.8. The lowest BCUT2D eigenvalue weighted by molar-refractivity contribution is 0.143. The number of nitrogens with zero attached hydrogens (tertiary/aromatic N) is 3. The van der Waals surface area contributed by atoms with E-state index >= 15 is 0 Å². The van der Waals surface area contributed by atoms with Gasteiger partial charge in [0, 0.05) is 11.3 Å². The van der Waals surface area contributed by atoms with Gasteiger partial charge in [0.05, 0.1) is 0 Å². The summed E-state index contributed by atoms with van der Waals surface area (Å²) in [5.74, 6) is 6.45. The third-order valence-corrected chi connectivity index (χ3v) is 4.47. The Morgan fingerprint density at radius 1 is 1.20 bits per heavy atom. The zero-order valence-corrected chi connectivity index (χ0v) is 14.8. The lowest BCUT2D eigenvalue weighted by Crippen LogP contribution is -2.58. The molecule has 132 valence electrons. The molecule has 1 fully saturated rings. The van der Waals surface area contributed by atoms with Crippen LogP contribution in [0.1, 0.15) is 51.5 Å². The number of guanidine groups is 2. The summed E-state index contributed by atoms with van der Waals surface area (Å²) in [4.78, 5) is 10.8. The second-order valence-electron chi connectivity index (χ2n) is 7.18. The number of hydrogen-bond acceptors (Lipinski definition) is 6. The minimum Gasteiger partial charge on any atom is -0.378 e. The Balaban J connectivity index is 2.01. The van der Waals surface area contributed by atoms with Crippen LogP contribution in [0, 0.1) is 11.8 Å². The summed E-state index contributed by atoms with van der Waals surface area (Å²) < 4.78 is 0. The van der Waals surface area contributed by atoms with Crippen molar-refractivity contribution >= 4 is 17.6 Å². The molecule has 0 unspecified atom stereocenters. The Hall–Kier alpha value is -2.52. The molecule has 1 aromatic carbocycles. The number of aliphatic hydroxyl groups is 1. The minimum atomic E-state index is -1.04. The van der Waals surface area contributed by atoms with Crippen LogP contribution in [0.25, 0.3) is 0 Å². The van der Waals surface area contributed by atoms with Gasteiger partial charge in [-0.3, -0.25) is 4.90 Å². The third kappa shape index (κ3) is 3.77. The molecule has 0 saturated heterocycles. The lowest BCUT2D eigenvalue weighted by atomic mass is 9.87. The van der Waals surface area contributed by atoms with Crippen LogP contribution in [0.15, 0.2) is 34.3 Å². The summed E-state index contributed by atoms with van der Waals surface area (Å²) in [6.07, 6.45) is 5.14. The summed E-state index contributed by atoms with van der Waals surface area (Å²) in [5, 5.41) is 9.81. The summed E-state index contributed by atoms with van der Waals surface area (Å²) >= 11 is 0. The van der Waals surface area contributed by atoms with Crippen LogP contribution < -0.4 is 16.4 Å². The van der Waals surface area contributed by atoms with Gasteiger partial charge in [0.2, 0.25) is 11.9 Å². The molecule has 0 atom stereocenters. The number of nitrogens with two attached hydrogens (primary N) is 2. The highest BCUT2D eigenvalue weighted by atomic mass is 16.3. The van der Waals surface area contributed by atoms with E-state index in [1.54, 1.807) is 13.8 Å². The second kappa shape index (κ2) is 6.41. The zero-order chi connectivity index (χ0) is 18.1. The molecule has 1 saturated carbocycles.